The second-order valence-electron chi connectivity index (χ2n) is 4.48. The number of hydrogen-bond acceptors (Lipinski definition) is 3. The molecular weight excluding hydrogens is 242 g/mol. The number of ether oxygens (including phenoxy) is 2. The zero-order chi connectivity index (χ0) is 13.7. The molecule has 0 amide bonds. The van der Waals surface area contributed by atoms with E-state index in [2.05, 4.69) is 6.92 Å². The Hall–Kier alpha value is -1.81. The molecule has 0 saturated carbocycles. The third-order valence-electron chi connectivity index (χ3n) is 2.87. The Bertz CT molecular complexity index is 560. The van der Waals surface area contributed by atoms with E-state index in [4.69, 9.17) is 9.47 Å². The summed E-state index contributed by atoms with van der Waals surface area (Å²) in [5.74, 6) is 0.932. The molecule has 19 heavy (non-hydrogen) atoms. The summed E-state index contributed by atoms with van der Waals surface area (Å²) in [6.45, 7) is 3.29. The molecule has 2 aromatic rings. The Kier molecular flexibility index (Phi) is 4.58. The zero-order valence-corrected chi connectivity index (χ0v) is 11.4. The summed E-state index contributed by atoms with van der Waals surface area (Å²) in [5.41, 5.74) is 1.04. The zero-order valence-electron chi connectivity index (χ0n) is 11.4. The van der Waals surface area contributed by atoms with Crippen LogP contribution < -0.4 is 4.74 Å². The molecule has 0 unspecified atom stereocenters. The molecule has 0 saturated heterocycles. The van der Waals surface area contributed by atoms with Gasteiger partial charge in [-0.3, -0.25) is 4.79 Å². The second kappa shape index (κ2) is 6.38. The van der Waals surface area contributed by atoms with Crippen LogP contribution in [0.2, 0.25) is 0 Å². The third kappa shape index (κ3) is 3.35. The van der Waals surface area contributed by atoms with E-state index < -0.39 is 0 Å². The molecule has 0 atom stereocenters. The second-order valence-corrected chi connectivity index (χ2v) is 4.48. The number of ketones is 1. The van der Waals surface area contributed by atoms with Crippen molar-refractivity contribution >= 4 is 16.7 Å². The van der Waals surface area contributed by atoms with Gasteiger partial charge in [-0.2, -0.15) is 0 Å². The van der Waals surface area contributed by atoms with Crippen LogP contribution in [0.15, 0.2) is 30.5 Å². The minimum absolute atomic E-state index is 0.0614. The number of methoxy groups -OCH3 is 1. The van der Waals surface area contributed by atoms with Crippen molar-refractivity contribution in [1.82, 2.24) is 4.57 Å². The lowest BCUT2D eigenvalue weighted by Crippen LogP contribution is -2.14. The number of Topliss-reactive ketones (excluding diaryl/α,β-unsaturated/α-hetero) is 1. The normalized spacial score (nSPS) is 10.8. The van der Waals surface area contributed by atoms with Crippen molar-refractivity contribution in [3.63, 3.8) is 0 Å². The van der Waals surface area contributed by atoms with Crippen LogP contribution in [0.3, 0.4) is 0 Å². The van der Waals surface area contributed by atoms with E-state index in [-0.39, 0.29) is 12.4 Å². The highest BCUT2D eigenvalue weighted by molar-refractivity contribution is 5.85. The highest BCUT2D eigenvalue weighted by Gasteiger charge is 2.07. The molecule has 2 rings (SSSR count). The first-order valence-corrected chi connectivity index (χ1v) is 6.47. The van der Waals surface area contributed by atoms with Gasteiger partial charge in [0.1, 0.15) is 12.4 Å². The summed E-state index contributed by atoms with van der Waals surface area (Å²) in [4.78, 5) is 11.6. The number of nitrogens with zero attached hydrogens (tertiary/aromatic N) is 1. The van der Waals surface area contributed by atoms with Gasteiger partial charge in [-0.15, -0.1) is 0 Å². The molecule has 0 bridgehead atoms. The molecule has 0 spiro atoms. The minimum Gasteiger partial charge on any atom is -0.494 e. The predicted octanol–water partition coefficient (Wildman–Crippen LogP) is 2.65. The van der Waals surface area contributed by atoms with Crippen molar-refractivity contribution in [3.8, 4) is 5.75 Å². The summed E-state index contributed by atoms with van der Waals surface area (Å²) in [6.07, 6.45) is 2.91. The first-order valence-electron chi connectivity index (χ1n) is 6.47. The average Bonchev–Trinajstić information content (AvgIpc) is 2.79. The molecule has 1 heterocycles. The monoisotopic (exact) mass is 261 g/mol. The predicted molar refractivity (Wildman–Crippen MR) is 74.6 cm³/mol. The van der Waals surface area contributed by atoms with Gasteiger partial charge in [-0.05, 0) is 30.7 Å². The van der Waals surface area contributed by atoms with Crippen LogP contribution in [0.4, 0.5) is 0 Å². The number of rotatable bonds is 7. The van der Waals surface area contributed by atoms with E-state index in [9.17, 15) is 4.79 Å². The van der Waals surface area contributed by atoms with Gasteiger partial charge in [0.25, 0.3) is 0 Å². The number of carbonyl (C=O) groups excluding carboxylic acids is 1. The molecule has 0 aliphatic carbocycles. The first-order chi connectivity index (χ1) is 9.24. The van der Waals surface area contributed by atoms with E-state index in [1.54, 1.807) is 0 Å². The lowest BCUT2D eigenvalue weighted by molar-refractivity contribution is -0.123. The van der Waals surface area contributed by atoms with Crippen molar-refractivity contribution in [2.45, 2.75) is 19.9 Å². The third-order valence-corrected chi connectivity index (χ3v) is 2.87. The van der Waals surface area contributed by atoms with Crippen molar-refractivity contribution in [2.24, 2.45) is 0 Å². The molecule has 0 aliphatic heterocycles. The Balaban J connectivity index is 2.17. The lowest BCUT2D eigenvalue weighted by atomic mass is 10.2. The molecule has 1 aromatic carbocycles. The lowest BCUT2D eigenvalue weighted by Gasteiger charge is -2.06. The maximum atomic E-state index is 11.6. The Labute approximate surface area is 112 Å². The average molecular weight is 261 g/mol. The molecule has 4 heteroatoms. The van der Waals surface area contributed by atoms with E-state index in [0.29, 0.717) is 6.54 Å². The van der Waals surface area contributed by atoms with Gasteiger partial charge in [0.2, 0.25) is 0 Å². The molecule has 0 aliphatic rings. The SMILES string of the molecule is CCCOc1ccc2c(ccn2CC(=O)COC)c1. The van der Waals surface area contributed by atoms with Gasteiger partial charge >= 0.3 is 0 Å². The number of fused-ring (bicyclic) bond motifs is 1. The van der Waals surface area contributed by atoms with Crippen molar-refractivity contribution in [3.05, 3.63) is 30.5 Å². The summed E-state index contributed by atoms with van der Waals surface area (Å²) >= 11 is 0. The Morgan fingerprint density at radius 2 is 2.16 bits per heavy atom. The van der Waals surface area contributed by atoms with Crippen LogP contribution in [0, 0.1) is 0 Å². The van der Waals surface area contributed by atoms with Gasteiger partial charge in [0.15, 0.2) is 5.78 Å². The Morgan fingerprint density at radius 3 is 2.89 bits per heavy atom. The van der Waals surface area contributed by atoms with Gasteiger partial charge in [-0.25, -0.2) is 0 Å². The molecule has 1 aromatic heterocycles. The summed E-state index contributed by atoms with van der Waals surface area (Å²) in [5, 5.41) is 1.08. The number of benzene rings is 1. The first kappa shape index (κ1) is 13.6. The maximum Gasteiger partial charge on any atom is 0.178 e. The number of hydrogen-bond donors (Lipinski definition) is 0. The van der Waals surface area contributed by atoms with Crippen LogP contribution in [-0.2, 0) is 16.1 Å². The Morgan fingerprint density at radius 1 is 1.32 bits per heavy atom. The van der Waals surface area contributed by atoms with Gasteiger partial charge in [-0.1, -0.05) is 6.92 Å². The van der Waals surface area contributed by atoms with Crippen molar-refractivity contribution in [2.75, 3.05) is 20.3 Å². The van der Waals surface area contributed by atoms with Crippen LogP contribution in [0.1, 0.15) is 13.3 Å². The summed E-state index contributed by atoms with van der Waals surface area (Å²) < 4.78 is 12.4. The van der Waals surface area contributed by atoms with Crippen molar-refractivity contribution < 1.29 is 14.3 Å². The standard InChI is InChI=1S/C15H19NO3/c1-3-8-19-14-4-5-15-12(9-14)6-7-16(15)10-13(17)11-18-2/h4-7,9H,3,8,10-11H2,1-2H3. The molecular formula is C15H19NO3. The van der Waals surface area contributed by atoms with E-state index in [0.717, 1.165) is 29.7 Å². The number of carbonyl (C=O) groups is 1. The van der Waals surface area contributed by atoms with Gasteiger partial charge < -0.3 is 14.0 Å². The van der Waals surface area contributed by atoms with E-state index in [1.807, 2.05) is 35.0 Å². The molecule has 0 N–H and O–H groups in total. The largest absolute Gasteiger partial charge is 0.494 e. The van der Waals surface area contributed by atoms with Crippen molar-refractivity contribution in [1.29, 1.82) is 0 Å². The van der Waals surface area contributed by atoms with Crippen LogP contribution in [0.5, 0.6) is 5.75 Å². The highest BCUT2D eigenvalue weighted by Crippen LogP contribution is 2.22. The highest BCUT2D eigenvalue weighted by atomic mass is 16.5. The van der Waals surface area contributed by atoms with Gasteiger partial charge in [0, 0.05) is 24.2 Å². The quantitative estimate of drug-likeness (QED) is 0.769. The van der Waals surface area contributed by atoms with Crippen LogP contribution >= 0.6 is 0 Å². The minimum atomic E-state index is 0.0614. The topological polar surface area (TPSA) is 40.5 Å². The fourth-order valence-electron chi connectivity index (χ4n) is 2.02. The molecule has 0 fully saturated rings. The smallest absolute Gasteiger partial charge is 0.178 e. The maximum absolute atomic E-state index is 11.6. The van der Waals surface area contributed by atoms with E-state index in [1.165, 1.54) is 7.11 Å². The fourth-order valence-corrected chi connectivity index (χ4v) is 2.02. The summed E-state index contributed by atoms with van der Waals surface area (Å²) in [6, 6.07) is 7.92. The molecule has 0 radical (unpaired) electrons. The van der Waals surface area contributed by atoms with Crippen LogP contribution in [0.25, 0.3) is 10.9 Å². The van der Waals surface area contributed by atoms with Gasteiger partial charge in [0.05, 0.1) is 13.2 Å². The van der Waals surface area contributed by atoms with Crippen LogP contribution in [-0.4, -0.2) is 30.7 Å². The fraction of sp³-hybridized carbons (Fsp3) is 0.400. The summed E-state index contributed by atoms with van der Waals surface area (Å²) in [7, 11) is 1.53. The molecule has 4 nitrogen and oxygen atoms in total. The molecule has 102 valence electrons. The van der Waals surface area contributed by atoms with E-state index >= 15 is 0 Å². The number of aromatic nitrogens is 1.